The maximum atomic E-state index is 5.88. The highest BCUT2D eigenvalue weighted by Gasteiger charge is 2.28. The van der Waals surface area contributed by atoms with Gasteiger partial charge in [-0.2, -0.15) is 4.98 Å². The summed E-state index contributed by atoms with van der Waals surface area (Å²) in [5.41, 5.74) is 5.88. The van der Waals surface area contributed by atoms with E-state index >= 15 is 0 Å². The van der Waals surface area contributed by atoms with Crippen LogP contribution >= 0.6 is 0 Å². The lowest BCUT2D eigenvalue weighted by Crippen LogP contribution is -2.27. The van der Waals surface area contributed by atoms with Crippen molar-refractivity contribution in [3.05, 3.63) is 5.82 Å². The number of hydrogen-bond acceptors (Lipinski definition) is 5. The summed E-state index contributed by atoms with van der Waals surface area (Å²) in [6.45, 7) is 3.89. The van der Waals surface area contributed by atoms with E-state index < -0.39 is 0 Å². The summed E-state index contributed by atoms with van der Waals surface area (Å²) in [6, 6.07) is 0.250. The van der Waals surface area contributed by atoms with Crippen LogP contribution in [0.1, 0.15) is 38.1 Å². The molecule has 3 heterocycles. The summed E-state index contributed by atoms with van der Waals surface area (Å²) >= 11 is 0. The molecule has 2 aliphatic heterocycles. The zero-order chi connectivity index (χ0) is 11.8. The van der Waals surface area contributed by atoms with Gasteiger partial charge in [0.05, 0.1) is 6.10 Å². The van der Waals surface area contributed by atoms with Crippen LogP contribution in [-0.2, 0) is 4.74 Å². The smallest absolute Gasteiger partial charge is 0.244 e. The fourth-order valence-electron chi connectivity index (χ4n) is 2.52. The molecule has 1 aromatic heterocycles. The molecule has 2 fully saturated rings. The third-order valence-corrected chi connectivity index (χ3v) is 3.54. The standard InChI is InChI=1S/C11H19N5O/c1-7-2-3-9(17-7)10-13-11(15-14-10)16-5-4-8(12)6-16/h7-9H,2-6,12H2,1H3,(H,13,14,15). The Labute approximate surface area is 101 Å². The van der Waals surface area contributed by atoms with E-state index in [2.05, 4.69) is 27.0 Å². The predicted octanol–water partition coefficient (Wildman–Crippen LogP) is 0.582. The van der Waals surface area contributed by atoms with Gasteiger partial charge in [-0.3, -0.25) is 5.10 Å². The average Bonchev–Trinajstić information content (AvgIpc) is 2.96. The highest BCUT2D eigenvalue weighted by Crippen LogP contribution is 2.31. The van der Waals surface area contributed by atoms with Gasteiger partial charge in [0.25, 0.3) is 0 Å². The lowest BCUT2D eigenvalue weighted by atomic mass is 10.2. The third kappa shape index (κ3) is 2.14. The molecule has 0 aliphatic carbocycles. The predicted molar refractivity (Wildman–Crippen MR) is 63.7 cm³/mol. The zero-order valence-corrected chi connectivity index (χ0v) is 10.1. The summed E-state index contributed by atoms with van der Waals surface area (Å²) in [7, 11) is 0. The maximum absolute atomic E-state index is 5.88. The molecular weight excluding hydrogens is 218 g/mol. The Balaban J connectivity index is 1.70. The molecule has 94 valence electrons. The van der Waals surface area contributed by atoms with Gasteiger partial charge >= 0.3 is 0 Å². The third-order valence-electron chi connectivity index (χ3n) is 3.54. The first-order valence-corrected chi connectivity index (χ1v) is 6.30. The Kier molecular flexibility index (Phi) is 2.76. The van der Waals surface area contributed by atoms with Crippen LogP contribution in [0.25, 0.3) is 0 Å². The Morgan fingerprint density at radius 1 is 1.41 bits per heavy atom. The second kappa shape index (κ2) is 4.27. The van der Waals surface area contributed by atoms with Crippen LogP contribution in [0.5, 0.6) is 0 Å². The monoisotopic (exact) mass is 237 g/mol. The quantitative estimate of drug-likeness (QED) is 0.786. The molecule has 0 aromatic carbocycles. The van der Waals surface area contributed by atoms with Crippen molar-refractivity contribution in [3.63, 3.8) is 0 Å². The van der Waals surface area contributed by atoms with Gasteiger partial charge in [0.1, 0.15) is 6.10 Å². The van der Waals surface area contributed by atoms with E-state index in [9.17, 15) is 0 Å². The normalized spacial score (nSPS) is 33.5. The molecule has 0 amide bonds. The number of H-pyrrole nitrogens is 1. The molecule has 0 saturated carbocycles. The summed E-state index contributed by atoms with van der Waals surface area (Å²) in [4.78, 5) is 6.65. The molecule has 3 rings (SSSR count). The van der Waals surface area contributed by atoms with E-state index in [1.54, 1.807) is 0 Å². The number of anilines is 1. The van der Waals surface area contributed by atoms with Gasteiger partial charge in [-0.15, -0.1) is 5.10 Å². The van der Waals surface area contributed by atoms with E-state index in [1.165, 1.54) is 0 Å². The molecule has 1 aromatic rings. The molecule has 3 unspecified atom stereocenters. The van der Waals surface area contributed by atoms with Crippen molar-refractivity contribution in [1.82, 2.24) is 15.2 Å². The molecule has 6 nitrogen and oxygen atoms in total. The maximum Gasteiger partial charge on any atom is 0.244 e. The average molecular weight is 237 g/mol. The van der Waals surface area contributed by atoms with Crippen molar-refractivity contribution in [2.45, 2.75) is 44.4 Å². The van der Waals surface area contributed by atoms with Crippen LogP contribution in [0.2, 0.25) is 0 Å². The first-order valence-electron chi connectivity index (χ1n) is 6.30. The lowest BCUT2D eigenvalue weighted by molar-refractivity contribution is 0.0505. The van der Waals surface area contributed by atoms with Gasteiger partial charge < -0.3 is 15.4 Å². The van der Waals surface area contributed by atoms with Crippen LogP contribution in [0.15, 0.2) is 0 Å². The minimum atomic E-state index is 0.0857. The van der Waals surface area contributed by atoms with Crippen molar-refractivity contribution in [2.75, 3.05) is 18.0 Å². The summed E-state index contributed by atoms with van der Waals surface area (Å²) in [6.07, 6.45) is 3.54. The molecule has 2 saturated heterocycles. The number of hydrogen-bond donors (Lipinski definition) is 2. The lowest BCUT2D eigenvalue weighted by Gasteiger charge is -2.12. The summed E-state index contributed by atoms with van der Waals surface area (Å²) < 4.78 is 5.77. The minimum absolute atomic E-state index is 0.0857. The largest absolute Gasteiger partial charge is 0.367 e. The van der Waals surface area contributed by atoms with Crippen LogP contribution < -0.4 is 10.6 Å². The Hall–Kier alpha value is -1.14. The van der Waals surface area contributed by atoms with E-state index in [-0.39, 0.29) is 12.1 Å². The highest BCUT2D eigenvalue weighted by atomic mass is 16.5. The van der Waals surface area contributed by atoms with Crippen LogP contribution in [-0.4, -0.2) is 40.4 Å². The number of nitrogens with two attached hydrogens (primary N) is 1. The molecule has 17 heavy (non-hydrogen) atoms. The van der Waals surface area contributed by atoms with Crippen molar-refractivity contribution >= 4 is 5.95 Å². The first-order chi connectivity index (χ1) is 8.22. The first kappa shape index (κ1) is 11.0. The number of aromatic amines is 1. The fourth-order valence-corrected chi connectivity index (χ4v) is 2.52. The van der Waals surface area contributed by atoms with Gasteiger partial charge in [-0.25, -0.2) is 0 Å². The molecule has 3 N–H and O–H groups in total. The summed E-state index contributed by atoms with van der Waals surface area (Å²) in [5, 5.41) is 7.25. The van der Waals surface area contributed by atoms with E-state index in [4.69, 9.17) is 10.5 Å². The van der Waals surface area contributed by atoms with Gasteiger partial charge in [-0.05, 0) is 26.2 Å². The van der Waals surface area contributed by atoms with E-state index in [0.29, 0.717) is 6.10 Å². The van der Waals surface area contributed by atoms with E-state index in [1.807, 2.05) is 0 Å². The topological polar surface area (TPSA) is 80.1 Å². The Morgan fingerprint density at radius 2 is 2.29 bits per heavy atom. The molecular formula is C11H19N5O. The zero-order valence-electron chi connectivity index (χ0n) is 10.1. The highest BCUT2D eigenvalue weighted by molar-refractivity contribution is 5.31. The molecule has 0 radical (unpaired) electrons. The molecule has 3 atom stereocenters. The van der Waals surface area contributed by atoms with Crippen molar-refractivity contribution in [1.29, 1.82) is 0 Å². The number of aromatic nitrogens is 3. The SMILES string of the molecule is CC1CCC(c2nc(N3CCC(N)C3)n[nH]2)O1. The fraction of sp³-hybridized carbons (Fsp3) is 0.818. The molecule has 0 bridgehead atoms. The Morgan fingerprint density at radius 3 is 2.94 bits per heavy atom. The van der Waals surface area contributed by atoms with Crippen molar-refractivity contribution in [2.24, 2.45) is 5.73 Å². The second-order valence-electron chi connectivity index (χ2n) is 5.03. The molecule has 0 spiro atoms. The second-order valence-corrected chi connectivity index (χ2v) is 5.03. The number of nitrogens with zero attached hydrogens (tertiary/aromatic N) is 3. The number of rotatable bonds is 2. The summed E-state index contributed by atoms with van der Waals surface area (Å²) in [5.74, 6) is 1.61. The van der Waals surface area contributed by atoms with Gasteiger partial charge in [0, 0.05) is 19.1 Å². The number of ether oxygens (including phenoxy) is 1. The molecule has 6 heteroatoms. The van der Waals surface area contributed by atoms with Crippen LogP contribution in [0.4, 0.5) is 5.95 Å². The van der Waals surface area contributed by atoms with Crippen molar-refractivity contribution < 1.29 is 4.74 Å². The van der Waals surface area contributed by atoms with Gasteiger partial charge in [0.2, 0.25) is 5.95 Å². The van der Waals surface area contributed by atoms with Gasteiger partial charge in [0.15, 0.2) is 5.82 Å². The van der Waals surface area contributed by atoms with Crippen LogP contribution in [0, 0.1) is 0 Å². The van der Waals surface area contributed by atoms with Crippen LogP contribution in [0.3, 0.4) is 0 Å². The van der Waals surface area contributed by atoms with Crippen molar-refractivity contribution in [3.8, 4) is 0 Å². The minimum Gasteiger partial charge on any atom is -0.367 e. The van der Waals surface area contributed by atoms with Gasteiger partial charge in [-0.1, -0.05) is 0 Å². The molecule has 2 aliphatic rings. The number of nitrogens with one attached hydrogen (secondary N) is 1. The van der Waals surface area contributed by atoms with E-state index in [0.717, 1.165) is 44.1 Å². The Bertz CT molecular complexity index is 358.